The summed E-state index contributed by atoms with van der Waals surface area (Å²) in [6.07, 6.45) is 1.44. The molecule has 5 nitrogen and oxygen atoms in total. The zero-order chi connectivity index (χ0) is 16.4. The highest BCUT2D eigenvalue weighted by Crippen LogP contribution is 2.24. The van der Waals surface area contributed by atoms with E-state index in [1.165, 1.54) is 6.21 Å². The van der Waals surface area contributed by atoms with Crippen LogP contribution in [0.4, 0.5) is 0 Å². The lowest BCUT2D eigenvalue weighted by Gasteiger charge is -2.01. The number of fused-ring (bicyclic) bond motifs is 1. The summed E-state index contributed by atoms with van der Waals surface area (Å²) < 4.78 is 0.506. The summed E-state index contributed by atoms with van der Waals surface area (Å²) in [5.74, 6) is -0.346. The van der Waals surface area contributed by atoms with Crippen LogP contribution in [0, 0.1) is 4.77 Å². The van der Waals surface area contributed by atoms with Crippen LogP contribution in [0.25, 0.3) is 11.0 Å². The molecule has 0 radical (unpaired) electrons. The average Bonchev–Trinajstić information content (AvgIpc) is 2.90. The lowest BCUT2D eigenvalue weighted by atomic mass is 10.2. The molecule has 0 spiro atoms. The number of aromatic amines is 2. The van der Waals surface area contributed by atoms with Gasteiger partial charge in [0.1, 0.15) is 0 Å². The summed E-state index contributed by atoms with van der Waals surface area (Å²) in [6, 6.07) is 10.3. The molecule has 3 aromatic rings. The number of hydrogen-bond acceptors (Lipinski definition) is 3. The average molecular weight is 365 g/mol. The summed E-state index contributed by atoms with van der Waals surface area (Å²) in [5.41, 5.74) is 5.10. The smallest absolute Gasteiger partial charge is 0.271 e. The van der Waals surface area contributed by atoms with Gasteiger partial charge in [-0.1, -0.05) is 35.3 Å². The second kappa shape index (κ2) is 6.54. The van der Waals surface area contributed by atoms with Crippen molar-refractivity contribution in [3.05, 3.63) is 62.3 Å². The van der Waals surface area contributed by atoms with Crippen LogP contribution in [-0.4, -0.2) is 22.1 Å². The molecule has 3 rings (SSSR count). The number of rotatable bonds is 3. The molecule has 3 N–H and O–H groups in total. The fraction of sp³-hybridized carbons (Fsp3) is 0. The Hall–Kier alpha value is -2.15. The number of imidazole rings is 1. The van der Waals surface area contributed by atoms with Gasteiger partial charge in [0, 0.05) is 11.1 Å². The van der Waals surface area contributed by atoms with Crippen molar-refractivity contribution in [3.63, 3.8) is 0 Å². The molecule has 1 aromatic heterocycles. The molecule has 1 heterocycles. The van der Waals surface area contributed by atoms with Gasteiger partial charge in [-0.05, 0) is 36.5 Å². The molecule has 0 aliphatic heterocycles. The molecule has 0 aliphatic carbocycles. The highest BCUT2D eigenvalue weighted by Gasteiger charge is 2.07. The van der Waals surface area contributed by atoms with Gasteiger partial charge in [-0.3, -0.25) is 4.79 Å². The Morgan fingerprint density at radius 3 is 2.78 bits per heavy atom. The number of carbonyl (C=O) groups excluding carboxylic acids is 1. The first-order valence-corrected chi connectivity index (χ1v) is 7.70. The minimum Gasteiger partial charge on any atom is -0.331 e. The van der Waals surface area contributed by atoms with Crippen LogP contribution in [0.3, 0.4) is 0 Å². The molecule has 1 amide bonds. The van der Waals surface area contributed by atoms with Crippen LogP contribution in [0.15, 0.2) is 41.5 Å². The molecule has 0 aliphatic rings. The van der Waals surface area contributed by atoms with E-state index in [4.69, 9.17) is 35.4 Å². The molecule has 116 valence electrons. The number of hydrazone groups is 1. The topological polar surface area (TPSA) is 73.0 Å². The second-order valence-corrected chi connectivity index (χ2v) is 5.88. The van der Waals surface area contributed by atoms with Crippen LogP contribution in [0.5, 0.6) is 0 Å². The maximum absolute atomic E-state index is 12.1. The van der Waals surface area contributed by atoms with Gasteiger partial charge in [0.2, 0.25) is 0 Å². The third-order valence-corrected chi connectivity index (χ3v) is 4.17. The molecule has 0 unspecified atom stereocenters. The zero-order valence-electron chi connectivity index (χ0n) is 11.6. The molecule has 0 bridgehead atoms. The van der Waals surface area contributed by atoms with E-state index in [2.05, 4.69) is 20.5 Å². The summed E-state index contributed by atoms with van der Waals surface area (Å²) >= 11 is 17.0. The van der Waals surface area contributed by atoms with Crippen molar-refractivity contribution in [2.24, 2.45) is 5.10 Å². The molecular weight excluding hydrogens is 355 g/mol. The van der Waals surface area contributed by atoms with E-state index in [1.54, 1.807) is 36.4 Å². The molecule has 0 fully saturated rings. The van der Waals surface area contributed by atoms with Gasteiger partial charge in [-0.15, -0.1) is 0 Å². The number of benzene rings is 2. The number of carbonyl (C=O) groups is 1. The minimum atomic E-state index is -0.346. The number of H-pyrrole nitrogens is 2. The fourth-order valence-corrected chi connectivity index (χ4v) is 2.60. The maximum Gasteiger partial charge on any atom is 0.271 e. The first kappa shape index (κ1) is 15.7. The summed E-state index contributed by atoms with van der Waals surface area (Å²) in [5, 5.41) is 4.71. The summed E-state index contributed by atoms with van der Waals surface area (Å²) in [7, 11) is 0. The summed E-state index contributed by atoms with van der Waals surface area (Å²) in [4.78, 5) is 18.0. The molecule has 0 saturated carbocycles. The lowest BCUT2D eigenvalue weighted by Crippen LogP contribution is -2.17. The van der Waals surface area contributed by atoms with Crippen molar-refractivity contribution in [3.8, 4) is 0 Å². The van der Waals surface area contributed by atoms with E-state index in [0.29, 0.717) is 25.9 Å². The Morgan fingerprint density at radius 2 is 1.96 bits per heavy atom. The molecule has 8 heteroatoms. The highest BCUT2D eigenvalue weighted by molar-refractivity contribution is 7.71. The van der Waals surface area contributed by atoms with Crippen molar-refractivity contribution >= 4 is 58.6 Å². The molecule has 23 heavy (non-hydrogen) atoms. The standard InChI is InChI=1S/C15H10Cl2N4OS/c16-10-3-1-2-9(13(10)17)7-18-21-14(22)8-4-5-11-12(6-8)20-15(23)19-11/h1-7H,(H,21,22)(H2,19,20,23)/b18-7-. The second-order valence-electron chi connectivity index (χ2n) is 4.68. The van der Waals surface area contributed by atoms with Crippen molar-refractivity contribution < 1.29 is 4.79 Å². The Morgan fingerprint density at radius 1 is 1.17 bits per heavy atom. The maximum atomic E-state index is 12.1. The Balaban J connectivity index is 1.76. The van der Waals surface area contributed by atoms with Crippen molar-refractivity contribution in [2.75, 3.05) is 0 Å². The zero-order valence-corrected chi connectivity index (χ0v) is 13.9. The van der Waals surface area contributed by atoms with Crippen LogP contribution in [-0.2, 0) is 0 Å². The number of aromatic nitrogens is 2. The largest absolute Gasteiger partial charge is 0.331 e. The predicted octanol–water partition coefficient (Wildman–Crippen LogP) is 4.30. The molecule has 0 saturated heterocycles. The van der Waals surface area contributed by atoms with Gasteiger partial charge in [0.05, 0.1) is 27.3 Å². The molecule has 2 aromatic carbocycles. The molecular formula is C15H10Cl2N4OS. The number of halogens is 2. The SMILES string of the molecule is O=C(N/N=C\c1cccc(Cl)c1Cl)c1ccc2[nH]c(=S)[nH]c2c1. The Kier molecular flexibility index (Phi) is 4.47. The van der Waals surface area contributed by atoms with Crippen molar-refractivity contribution in [1.29, 1.82) is 0 Å². The van der Waals surface area contributed by atoms with E-state index in [9.17, 15) is 4.79 Å². The predicted molar refractivity (Wildman–Crippen MR) is 95.0 cm³/mol. The van der Waals surface area contributed by atoms with E-state index < -0.39 is 0 Å². The third-order valence-electron chi connectivity index (χ3n) is 3.13. The highest BCUT2D eigenvalue weighted by atomic mass is 35.5. The summed E-state index contributed by atoms with van der Waals surface area (Å²) in [6.45, 7) is 0. The van der Waals surface area contributed by atoms with E-state index >= 15 is 0 Å². The van der Waals surface area contributed by atoms with Gasteiger partial charge >= 0.3 is 0 Å². The third kappa shape index (κ3) is 3.44. The minimum absolute atomic E-state index is 0.346. The lowest BCUT2D eigenvalue weighted by molar-refractivity contribution is 0.0955. The van der Waals surface area contributed by atoms with Gasteiger partial charge in [0.15, 0.2) is 4.77 Å². The van der Waals surface area contributed by atoms with E-state index in [-0.39, 0.29) is 5.91 Å². The number of hydrogen-bond donors (Lipinski definition) is 3. The van der Waals surface area contributed by atoms with Gasteiger partial charge in [0.25, 0.3) is 5.91 Å². The van der Waals surface area contributed by atoms with Crippen LogP contribution in [0.2, 0.25) is 10.0 Å². The van der Waals surface area contributed by atoms with Crippen LogP contribution >= 0.6 is 35.4 Å². The van der Waals surface area contributed by atoms with Crippen molar-refractivity contribution in [1.82, 2.24) is 15.4 Å². The Labute approximate surface area is 146 Å². The normalized spacial score (nSPS) is 11.2. The van der Waals surface area contributed by atoms with Gasteiger partial charge in [-0.2, -0.15) is 5.10 Å². The van der Waals surface area contributed by atoms with Gasteiger partial charge < -0.3 is 9.97 Å². The molecule has 0 atom stereocenters. The Bertz CT molecular complexity index is 977. The van der Waals surface area contributed by atoms with E-state index in [0.717, 1.165) is 11.0 Å². The number of amides is 1. The first-order chi connectivity index (χ1) is 11.0. The monoisotopic (exact) mass is 364 g/mol. The van der Waals surface area contributed by atoms with Crippen LogP contribution < -0.4 is 5.43 Å². The fourth-order valence-electron chi connectivity index (χ4n) is 2.02. The van der Waals surface area contributed by atoms with E-state index in [1.807, 2.05) is 0 Å². The van der Waals surface area contributed by atoms with Crippen LogP contribution in [0.1, 0.15) is 15.9 Å². The van der Waals surface area contributed by atoms with Crippen molar-refractivity contribution in [2.45, 2.75) is 0 Å². The number of nitrogens with zero attached hydrogens (tertiary/aromatic N) is 1. The quantitative estimate of drug-likeness (QED) is 0.368. The number of nitrogens with one attached hydrogen (secondary N) is 3. The van der Waals surface area contributed by atoms with Gasteiger partial charge in [-0.25, -0.2) is 5.43 Å². The first-order valence-electron chi connectivity index (χ1n) is 6.54.